The number of hydrogen-bond acceptors (Lipinski definition) is 3. The van der Waals surface area contributed by atoms with Crippen LogP contribution in [0.4, 0.5) is 0 Å². The first-order chi connectivity index (χ1) is 9.67. The van der Waals surface area contributed by atoms with Crippen LogP contribution in [0.2, 0.25) is 0 Å². The van der Waals surface area contributed by atoms with E-state index in [9.17, 15) is 9.90 Å². The summed E-state index contributed by atoms with van der Waals surface area (Å²) >= 11 is 3.40. The zero-order valence-electron chi connectivity index (χ0n) is 11.6. The Bertz CT molecular complexity index is 472. The van der Waals surface area contributed by atoms with Crippen molar-refractivity contribution in [2.75, 3.05) is 20.3 Å². The van der Waals surface area contributed by atoms with Crippen molar-refractivity contribution in [3.05, 3.63) is 28.2 Å². The van der Waals surface area contributed by atoms with E-state index in [2.05, 4.69) is 15.9 Å². The summed E-state index contributed by atoms with van der Waals surface area (Å²) in [6.45, 7) is 0.396. The number of carbonyl (C=O) groups excluding carboxylic acids is 1. The Hall–Kier alpha value is -1.07. The van der Waals surface area contributed by atoms with Gasteiger partial charge in [-0.1, -0.05) is 12.8 Å². The molecule has 2 rings (SSSR count). The predicted molar refractivity (Wildman–Crippen MR) is 81.1 cm³/mol. The third-order valence-corrected chi connectivity index (χ3v) is 4.39. The van der Waals surface area contributed by atoms with E-state index in [0.29, 0.717) is 17.9 Å². The first-order valence-corrected chi connectivity index (χ1v) is 7.72. The van der Waals surface area contributed by atoms with Crippen molar-refractivity contribution in [3.8, 4) is 5.75 Å². The van der Waals surface area contributed by atoms with Gasteiger partial charge in [0.15, 0.2) is 0 Å². The van der Waals surface area contributed by atoms with Gasteiger partial charge in [-0.05, 0) is 47.0 Å². The molecule has 1 aromatic carbocycles. The number of methoxy groups -OCH3 is 1. The van der Waals surface area contributed by atoms with Crippen LogP contribution in [0.5, 0.6) is 5.75 Å². The van der Waals surface area contributed by atoms with Gasteiger partial charge in [0, 0.05) is 18.2 Å². The van der Waals surface area contributed by atoms with Crippen LogP contribution in [0, 0.1) is 0 Å². The molecule has 0 saturated heterocycles. The van der Waals surface area contributed by atoms with Crippen molar-refractivity contribution in [2.24, 2.45) is 0 Å². The topological polar surface area (TPSA) is 49.8 Å². The van der Waals surface area contributed by atoms with E-state index in [0.717, 1.165) is 30.2 Å². The Labute approximate surface area is 127 Å². The van der Waals surface area contributed by atoms with Crippen molar-refractivity contribution < 1.29 is 14.6 Å². The maximum absolute atomic E-state index is 12.6. The lowest BCUT2D eigenvalue weighted by Crippen LogP contribution is -2.40. The lowest BCUT2D eigenvalue weighted by atomic mass is 10.1. The number of amides is 1. The maximum Gasteiger partial charge on any atom is 0.254 e. The number of carbonyl (C=O) groups is 1. The molecular formula is C15H20BrNO3. The standard InChI is InChI=1S/C15H20BrNO3/c1-20-14-7-6-11(10-13(14)16)15(19)17(8-9-18)12-4-2-3-5-12/h6-7,10,12,18H,2-5,8-9H2,1H3. The number of nitrogens with zero attached hydrogens (tertiary/aromatic N) is 1. The summed E-state index contributed by atoms with van der Waals surface area (Å²) < 4.78 is 5.94. The Balaban J connectivity index is 2.20. The Morgan fingerprint density at radius 2 is 2.15 bits per heavy atom. The van der Waals surface area contributed by atoms with E-state index in [4.69, 9.17) is 4.74 Å². The average molecular weight is 342 g/mol. The van der Waals surface area contributed by atoms with Gasteiger partial charge in [-0.2, -0.15) is 0 Å². The quantitative estimate of drug-likeness (QED) is 0.895. The Kier molecular flexibility index (Phi) is 5.43. The van der Waals surface area contributed by atoms with E-state index in [1.54, 1.807) is 30.2 Å². The lowest BCUT2D eigenvalue weighted by Gasteiger charge is -2.28. The molecule has 0 aliphatic heterocycles. The molecule has 1 aliphatic carbocycles. The van der Waals surface area contributed by atoms with Gasteiger partial charge in [0.2, 0.25) is 0 Å². The normalized spacial score (nSPS) is 15.3. The molecule has 4 nitrogen and oxygen atoms in total. The van der Waals surface area contributed by atoms with Crippen LogP contribution in [0.25, 0.3) is 0 Å². The number of halogens is 1. The van der Waals surface area contributed by atoms with Crippen LogP contribution in [0.15, 0.2) is 22.7 Å². The Morgan fingerprint density at radius 3 is 2.70 bits per heavy atom. The fourth-order valence-electron chi connectivity index (χ4n) is 2.74. The lowest BCUT2D eigenvalue weighted by molar-refractivity contribution is 0.0638. The van der Waals surface area contributed by atoms with Crippen molar-refractivity contribution in [1.29, 1.82) is 0 Å². The molecule has 1 amide bonds. The second-order valence-corrected chi connectivity index (χ2v) is 5.86. The number of benzene rings is 1. The second kappa shape index (κ2) is 7.09. The summed E-state index contributed by atoms with van der Waals surface area (Å²) in [5.41, 5.74) is 0.623. The average Bonchev–Trinajstić information content (AvgIpc) is 2.97. The third-order valence-electron chi connectivity index (χ3n) is 3.77. The fraction of sp³-hybridized carbons (Fsp3) is 0.533. The zero-order chi connectivity index (χ0) is 14.5. The SMILES string of the molecule is COc1ccc(C(=O)N(CCO)C2CCCC2)cc1Br. The molecule has 5 heteroatoms. The molecule has 110 valence electrons. The molecule has 0 spiro atoms. The number of aliphatic hydroxyl groups is 1. The molecule has 0 aromatic heterocycles. The summed E-state index contributed by atoms with van der Waals surface area (Å²) in [7, 11) is 1.60. The highest BCUT2D eigenvalue weighted by Crippen LogP contribution is 2.28. The predicted octanol–water partition coefficient (Wildman–Crippen LogP) is 2.83. The molecule has 0 heterocycles. The van der Waals surface area contributed by atoms with Gasteiger partial charge in [0.1, 0.15) is 5.75 Å². The third kappa shape index (κ3) is 3.33. The van der Waals surface area contributed by atoms with Gasteiger partial charge >= 0.3 is 0 Å². The monoisotopic (exact) mass is 341 g/mol. The van der Waals surface area contributed by atoms with Crippen molar-refractivity contribution in [2.45, 2.75) is 31.7 Å². The highest BCUT2D eigenvalue weighted by Gasteiger charge is 2.27. The Morgan fingerprint density at radius 1 is 1.45 bits per heavy atom. The molecule has 1 aromatic rings. The van der Waals surface area contributed by atoms with E-state index in [1.807, 2.05) is 0 Å². The second-order valence-electron chi connectivity index (χ2n) is 5.01. The van der Waals surface area contributed by atoms with E-state index in [1.165, 1.54) is 0 Å². The van der Waals surface area contributed by atoms with Gasteiger partial charge in [-0.15, -0.1) is 0 Å². The minimum atomic E-state index is -0.0192. The highest BCUT2D eigenvalue weighted by atomic mass is 79.9. The first-order valence-electron chi connectivity index (χ1n) is 6.92. The van der Waals surface area contributed by atoms with Gasteiger partial charge in [0.25, 0.3) is 5.91 Å². The fourth-order valence-corrected chi connectivity index (χ4v) is 3.28. The number of hydrogen-bond donors (Lipinski definition) is 1. The minimum Gasteiger partial charge on any atom is -0.496 e. The first kappa shape index (κ1) is 15.3. The van der Waals surface area contributed by atoms with E-state index in [-0.39, 0.29) is 18.6 Å². The van der Waals surface area contributed by atoms with Crippen LogP contribution >= 0.6 is 15.9 Å². The molecule has 1 N–H and O–H groups in total. The van der Waals surface area contributed by atoms with Crippen molar-refractivity contribution >= 4 is 21.8 Å². The van der Waals surface area contributed by atoms with E-state index < -0.39 is 0 Å². The van der Waals surface area contributed by atoms with Crippen LogP contribution in [0.1, 0.15) is 36.0 Å². The number of aliphatic hydroxyl groups excluding tert-OH is 1. The molecule has 0 bridgehead atoms. The molecule has 20 heavy (non-hydrogen) atoms. The van der Waals surface area contributed by atoms with E-state index >= 15 is 0 Å². The van der Waals surface area contributed by atoms with Gasteiger partial charge in [0.05, 0.1) is 18.2 Å². The highest BCUT2D eigenvalue weighted by molar-refractivity contribution is 9.10. The molecule has 0 unspecified atom stereocenters. The number of rotatable bonds is 5. The van der Waals surface area contributed by atoms with Crippen LogP contribution in [0.3, 0.4) is 0 Å². The molecule has 0 atom stereocenters. The summed E-state index contributed by atoms with van der Waals surface area (Å²) in [5.74, 6) is 0.686. The summed E-state index contributed by atoms with van der Waals surface area (Å²) in [4.78, 5) is 14.4. The smallest absolute Gasteiger partial charge is 0.254 e. The molecule has 1 saturated carbocycles. The van der Waals surface area contributed by atoms with Crippen LogP contribution in [-0.4, -0.2) is 42.2 Å². The summed E-state index contributed by atoms with van der Waals surface area (Å²) in [5, 5.41) is 9.21. The van der Waals surface area contributed by atoms with Gasteiger partial charge in [-0.3, -0.25) is 4.79 Å². The molecule has 1 fully saturated rings. The largest absolute Gasteiger partial charge is 0.496 e. The maximum atomic E-state index is 12.6. The molecule has 1 aliphatic rings. The summed E-state index contributed by atoms with van der Waals surface area (Å²) in [6, 6.07) is 5.59. The number of ether oxygens (including phenoxy) is 1. The molecule has 0 radical (unpaired) electrons. The van der Waals surface area contributed by atoms with Gasteiger partial charge < -0.3 is 14.7 Å². The van der Waals surface area contributed by atoms with Crippen LogP contribution in [-0.2, 0) is 0 Å². The minimum absolute atomic E-state index is 0.000432. The van der Waals surface area contributed by atoms with Crippen molar-refractivity contribution in [3.63, 3.8) is 0 Å². The van der Waals surface area contributed by atoms with Gasteiger partial charge in [-0.25, -0.2) is 0 Å². The van der Waals surface area contributed by atoms with Crippen molar-refractivity contribution in [1.82, 2.24) is 4.90 Å². The molecular weight excluding hydrogens is 322 g/mol. The summed E-state index contributed by atoms with van der Waals surface area (Å²) in [6.07, 6.45) is 4.38. The zero-order valence-corrected chi connectivity index (χ0v) is 13.2. The van der Waals surface area contributed by atoms with Crippen LogP contribution < -0.4 is 4.74 Å².